The maximum atomic E-state index is 12.5. The fraction of sp³-hybridized carbons (Fsp3) is 0.438. The Labute approximate surface area is 128 Å². The molecule has 1 aliphatic heterocycles. The SMILES string of the molecule is Cc1cc(=O)c2cc(C(=O)N(C)C)c(N3CCCC3)nc2[nH]1. The number of aromatic amines is 1. The van der Waals surface area contributed by atoms with Crippen molar-refractivity contribution in [2.24, 2.45) is 0 Å². The van der Waals surface area contributed by atoms with Crippen LogP contribution in [0.5, 0.6) is 0 Å². The Kier molecular flexibility index (Phi) is 3.60. The molecule has 0 aliphatic carbocycles. The lowest BCUT2D eigenvalue weighted by Crippen LogP contribution is -2.28. The Bertz CT molecular complexity index is 789. The third-order valence-corrected chi connectivity index (χ3v) is 3.97. The number of aromatic nitrogens is 2. The number of nitrogens with one attached hydrogen (secondary N) is 1. The van der Waals surface area contributed by atoms with Gasteiger partial charge in [-0.1, -0.05) is 0 Å². The standard InChI is InChI=1S/C16H20N4O2/c1-10-8-13(21)11-9-12(16(22)19(2)3)15(18-14(11)17-10)20-6-4-5-7-20/h8-9H,4-7H2,1-3H3,(H,17,18,21). The average Bonchev–Trinajstić information content (AvgIpc) is 2.99. The van der Waals surface area contributed by atoms with Crippen LogP contribution in [0.2, 0.25) is 0 Å². The number of amides is 1. The molecule has 1 fully saturated rings. The van der Waals surface area contributed by atoms with Crippen LogP contribution in [-0.2, 0) is 0 Å². The van der Waals surface area contributed by atoms with Gasteiger partial charge in [-0.3, -0.25) is 9.59 Å². The molecule has 0 radical (unpaired) electrons. The Hall–Kier alpha value is -2.37. The van der Waals surface area contributed by atoms with Gasteiger partial charge in [-0.15, -0.1) is 0 Å². The first-order valence-corrected chi connectivity index (χ1v) is 7.48. The highest BCUT2D eigenvalue weighted by atomic mass is 16.2. The van der Waals surface area contributed by atoms with Crippen molar-refractivity contribution in [2.75, 3.05) is 32.1 Å². The van der Waals surface area contributed by atoms with E-state index in [9.17, 15) is 9.59 Å². The van der Waals surface area contributed by atoms with Gasteiger partial charge in [0.15, 0.2) is 5.43 Å². The second kappa shape index (κ2) is 5.44. The molecule has 2 aromatic heterocycles. The largest absolute Gasteiger partial charge is 0.356 e. The van der Waals surface area contributed by atoms with Crippen LogP contribution < -0.4 is 10.3 Å². The second-order valence-electron chi connectivity index (χ2n) is 5.97. The molecular formula is C16H20N4O2. The van der Waals surface area contributed by atoms with Crippen LogP contribution in [0.15, 0.2) is 16.9 Å². The topological polar surface area (TPSA) is 69.3 Å². The Morgan fingerprint density at radius 1 is 1.27 bits per heavy atom. The van der Waals surface area contributed by atoms with Crippen molar-refractivity contribution < 1.29 is 4.79 Å². The summed E-state index contributed by atoms with van der Waals surface area (Å²) in [7, 11) is 3.42. The number of nitrogens with zero attached hydrogens (tertiary/aromatic N) is 3. The molecule has 0 bridgehead atoms. The van der Waals surface area contributed by atoms with E-state index in [1.165, 1.54) is 11.0 Å². The van der Waals surface area contributed by atoms with Crippen LogP contribution in [0.25, 0.3) is 11.0 Å². The number of hydrogen-bond acceptors (Lipinski definition) is 4. The van der Waals surface area contributed by atoms with E-state index in [1.54, 1.807) is 20.2 Å². The minimum absolute atomic E-state index is 0.112. The number of carbonyl (C=O) groups excluding carboxylic acids is 1. The lowest BCUT2D eigenvalue weighted by atomic mass is 10.1. The van der Waals surface area contributed by atoms with Gasteiger partial charge in [0.25, 0.3) is 5.91 Å². The predicted octanol–water partition coefficient (Wildman–Crippen LogP) is 1.53. The highest BCUT2D eigenvalue weighted by molar-refractivity contribution is 6.01. The third-order valence-electron chi connectivity index (χ3n) is 3.97. The summed E-state index contributed by atoms with van der Waals surface area (Å²) in [6, 6.07) is 3.21. The van der Waals surface area contributed by atoms with Crippen LogP contribution >= 0.6 is 0 Å². The number of H-pyrrole nitrogens is 1. The quantitative estimate of drug-likeness (QED) is 0.913. The van der Waals surface area contributed by atoms with E-state index in [0.29, 0.717) is 22.4 Å². The molecule has 3 rings (SSSR count). The highest BCUT2D eigenvalue weighted by Gasteiger charge is 2.23. The van der Waals surface area contributed by atoms with Crippen molar-refractivity contribution in [1.29, 1.82) is 0 Å². The molecule has 22 heavy (non-hydrogen) atoms. The monoisotopic (exact) mass is 300 g/mol. The summed E-state index contributed by atoms with van der Waals surface area (Å²) in [6.07, 6.45) is 2.19. The van der Waals surface area contributed by atoms with Crippen molar-refractivity contribution in [1.82, 2.24) is 14.9 Å². The lowest BCUT2D eigenvalue weighted by Gasteiger charge is -2.21. The molecule has 0 saturated carbocycles. The van der Waals surface area contributed by atoms with E-state index in [2.05, 4.69) is 14.9 Å². The smallest absolute Gasteiger partial charge is 0.257 e. The average molecular weight is 300 g/mol. The molecule has 1 saturated heterocycles. The molecule has 116 valence electrons. The zero-order valence-corrected chi connectivity index (χ0v) is 13.1. The molecule has 1 aliphatic rings. The van der Waals surface area contributed by atoms with E-state index in [-0.39, 0.29) is 11.3 Å². The van der Waals surface area contributed by atoms with Crippen LogP contribution in [0.1, 0.15) is 28.9 Å². The molecule has 0 unspecified atom stereocenters. The molecule has 1 amide bonds. The van der Waals surface area contributed by atoms with Crippen molar-refractivity contribution in [3.63, 3.8) is 0 Å². The normalized spacial score (nSPS) is 14.6. The van der Waals surface area contributed by atoms with Gasteiger partial charge in [0, 0.05) is 38.9 Å². The second-order valence-corrected chi connectivity index (χ2v) is 5.97. The van der Waals surface area contributed by atoms with E-state index in [0.717, 1.165) is 31.6 Å². The number of fused-ring (bicyclic) bond motifs is 1. The maximum absolute atomic E-state index is 12.5. The summed E-state index contributed by atoms with van der Waals surface area (Å²) < 4.78 is 0. The number of carbonyl (C=O) groups is 1. The lowest BCUT2D eigenvalue weighted by molar-refractivity contribution is 0.0828. The van der Waals surface area contributed by atoms with Crippen LogP contribution in [0.4, 0.5) is 5.82 Å². The summed E-state index contributed by atoms with van der Waals surface area (Å²) in [5.41, 5.74) is 1.69. The Balaban J connectivity index is 2.27. The molecule has 1 N–H and O–H groups in total. The molecule has 0 spiro atoms. The first-order chi connectivity index (χ1) is 10.5. The molecule has 6 heteroatoms. The minimum Gasteiger partial charge on any atom is -0.356 e. The fourth-order valence-corrected chi connectivity index (χ4v) is 2.85. The zero-order valence-electron chi connectivity index (χ0n) is 13.1. The van der Waals surface area contributed by atoms with Gasteiger partial charge in [0.05, 0.1) is 10.9 Å². The van der Waals surface area contributed by atoms with Gasteiger partial charge < -0.3 is 14.8 Å². The molecule has 0 aromatic carbocycles. The molecule has 2 aromatic rings. The minimum atomic E-state index is -0.128. The highest BCUT2D eigenvalue weighted by Crippen LogP contribution is 2.25. The van der Waals surface area contributed by atoms with Gasteiger partial charge in [-0.2, -0.15) is 0 Å². The van der Waals surface area contributed by atoms with E-state index >= 15 is 0 Å². The summed E-state index contributed by atoms with van der Waals surface area (Å²) in [4.78, 5) is 36.0. The van der Waals surface area contributed by atoms with E-state index in [4.69, 9.17) is 0 Å². The Morgan fingerprint density at radius 3 is 2.59 bits per heavy atom. The third kappa shape index (κ3) is 2.45. The number of hydrogen-bond donors (Lipinski definition) is 1. The summed E-state index contributed by atoms with van der Waals surface area (Å²) in [6.45, 7) is 3.61. The van der Waals surface area contributed by atoms with Gasteiger partial charge >= 0.3 is 0 Å². The van der Waals surface area contributed by atoms with Crippen molar-refractivity contribution in [2.45, 2.75) is 19.8 Å². The summed E-state index contributed by atoms with van der Waals surface area (Å²) in [5.74, 6) is 0.543. The predicted molar refractivity (Wildman–Crippen MR) is 86.6 cm³/mol. The number of anilines is 1. The fourth-order valence-electron chi connectivity index (χ4n) is 2.85. The maximum Gasteiger partial charge on any atom is 0.257 e. The first kappa shape index (κ1) is 14.6. The van der Waals surface area contributed by atoms with Gasteiger partial charge in [0.2, 0.25) is 0 Å². The molecule has 0 atom stereocenters. The van der Waals surface area contributed by atoms with Crippen LogP contribution in [0.3, 0.4) is 0 Å². The molecule has 6 nitrogen and oxygen atoms in total. The van der Waals surface area contributed by atoms with E-state index in [1.807, 2.05) is 6.92 Å². The van der Waals surface area contributed by atoms with Gasteiger partial charge in [-0.25, -0.2) is 4.98 Å². The zero-order chi connectivity index (χ0) is 15.9. The van der Waals surface area contributed by atoms with Crippen molar-refractivity contribution in [3.05, 3.63) is 33.6 Å². The van der Waals surface area contributed by atoms with E-state index < -0.39 is 0 Å². The molecule has 3 heterocycles. The van der Waals surface area contributed by atoms with Gasteiger partial charge in [0.1, 0.15) is 11.5 Å². The molecular weight excluding hydrogens is 280 g/mol. The van der Waals surface area contributed by atoms with Gasteiger partial charge in [-0.05, 0) is 25.8 Å². The van der Waals surface area contributed by atoms with Crippen molar-refractivity contribution >= 4 is 22.8 Å². The first-order valence-electron chi connectivity index (χ1n) is 7.48. The van der Waals surface area contributed by atoms with Crippen molar-refractivity contribution in [3.8, 4) is 0 Å². The number of rotatable bonds is 2. The van der Waals surface area contributed by atoms with Crippen LogP contribution in [-0.4, -0.2) is 48.0 Å². The number of aryl methyl sites for hydroxylation is 1. The summed E-state index contributed by atoms with van der Waals surface area (Å²) in [5, 5.41) is 0.457. The Morgan fingerprint density at radius 2 is 1.95 bits per heavy atom. The van der Waals surface area contributed by atoms with Crippen LogP contribution in [0, 0.1) is 6.92 Å². The summed E-state index contributed by atoms with van der Waals surface area (Å²) >= 11 is 0. The number of pyridine rings is 2.